The highest BCUT2D eigenvalue weighted by molar-refractivity contribution is 7.09. The van der Waals surface area contributed by atoms with E-state index in [9.17, 15) is 0 Å². The summed E-state index contributed by atoms with van der Waals surface area (Å²) in [6.45, 7) is 7.57. The van der Waals surface area contributed by atoms with E-state index in [0.29, 0.717) is 5.92 Å². The van der Waals surface area contributed by atoms with Crippen LogP contribution in [0, 0.1) is 5.92 Å². The Labute approximate surface area is 141 Å². The molecule has 0 bridgehead atoms. The van der Waals surface area contributed by atoms with Crippen molar-refractivity contribution in [2.75, 3.05) is 19.8 Å². The van der Waals surface area contributed by atoms with Crippen molar-refractivity contribution < 1.29 is 4.74 Å². The van der Waals surface area contributed by atoms with Crippen molar-refractivity contribution in [3.63, 3.8) is 0 Å². The Balaban J connectivity index is 1.51. The first-order valence-electron chi connectivity index (χ1n) is 8.56. The molecule has 6 heteroatoms. The van der Waals surface area contributed by atoms with E-state index in [4.69, 9.17) is 9.84 Å². The molecule has 1 aliphatic carbocycles. The van der Waals surface area contributed by atoms with Crippen LogP contribution in [0.5, 0.6) is 0 Å². The average Bonchev–Trinajstić information content (AvgIpc) is 3.04. The maximum Gasteiger partial charge on any atom is 0.107 e. The quantitative estimate of drug-likeness (QED) is 0.782. The summed E-state index contributed by atoms with van der Waals surface area (Å²) < 4.78 is 7.91. The summed E-state index contributed by atoms with van der Waals surface area (Å²) in [7, 11) is 0. The lowest BCUT2D eigenvalue weighted by Crippen LogP contribution is -2.34. The molecule has 2 aliphatic rings. The van der Waals surface area contributed by atoms with Crippen molar-refractivity contribution in [1.29, 1.82) is 0 Å². The Hall–Kier alpha value is -1.24. The van der Waals surface area contributed by atoms with Gasteiger partial charge in [0.1, 0.15) is 5.01 Å². The number of rotatable bonds is 7. The minimum Gasteiger partial charge on any atom is -0.381 e. The lowest BCUT2D eigenvalue weighted by Gasteiger charge is -2.31. The number of nitrogens with zero attached hydrogens (tertiary/aromatic N) is 4. The van der Waals surface area contributed by atoms with Crippen LogP contribution in [-0.4, -0.2) is 39.4 Å². The summed E-state index contributed by atoms with van der Waals surface area (Å²) in [5, 5.41) is 8.10. The number of fused-ring (bicyclic) bond motifs is 1. The lowest BCUT2D eigenvalue weighted by molar-refractivity contribution is 0.105. The third-order valence-electron chi connectivity index (χ3n) is 4.67. The second-order valence-corrected chi connectivity index (χ2v) is 7.63. The Bertz CT molecular complexity index is 635. The van der Waals surface area contributed by atoms with Crippen LogP contribution >= 0.6 is 11.3 Å². The molecular weight excluding hydrogens is 308 g/mol. The van der Waals surface area contributed by atoms with E-state index in [1.54, 1.807) is 11.3 Å². The highest BCUT2D eigenvalue weighted by Crippen LogP contribution is 2.33. The normalized spacial score (nSPS) is 21.5. The van der Waals surface area contributed by atoms with Gasteiger partial charge in [-0.05, 0) is 25.7 Å². The zero-order valence-corrected chi connectivity index (χ0v) is 14.5. The molecule has 1 aliphatic heterocycles. The van der Waals surface area contributed by atoms with Crippen molar-refractivity contribution in [3.8, 4) is 0 Å². The van der Waals surface area contributed by atoms with Gasteiger partial charge < -0.3 is 4.74 Å². The van der Waals surface area contributed by atoms with Gasteiger partial charge in [0.2, 0.25) is 0 Å². The van der Waals surface area contributed by atoms with Crippen LogP contribution < -0.4 is 0 Å². The van der Waals surface area contributed by atoms with Crippen molar-refractivity contribution in [2.45, 2.75) is 45.3 Å². The Morgan fingerprint density at radius 1 is 1.39 bits per heavy atom. The molecule has 3 heterocycles. The van der Waals surface area contributed by atoms with Gasteiger partial charge in [0.05, 0.1) is 18.8 Å². The van der Waals surface area contributed by atoms with Crippen molar-refractivity contribution >= 4 is 11.3 Å². The van der Waals surface area contributed by atoms with E-state index < -0.39 is 0 Å². The zero-order valence-electron chi connectivity index (χ0n) is 13.6. The fourth-order valence-electron chi connectivity index (χ4n) is 3.33. The molecule has 0 saturated heterocycles. The van der Waals surface area contributed by atoms with Gasteiger partial charge in [0, 0.05) is 55.5 Å². The van der Waals surface area contributed by atoms with Crippen LogP contribution in [0.2, 0.25) is 0 Å². The summed E-state index contributed by atoms with van der Waals surface area (Å²) in [6.07, 6.45) is 6.89. The predicted molar refractivity (Wildman–Crippen MR) is 90.4 cm³/mol. The van der Waals surface area contributed by atoms with Crippen molar-refractivity contribution in [1.82, 2.24) is 19.7 Å². The molecule has 2 aromatic heterocycles. The second kappa shape index (κ2) is 6.71. The highest BCUT2D eigenvalue weighted by Gasteiger charge is 2.30. The molecule has 0 aromatic carbocycles. The lowest BCUT2D eigenvalue weighted by atomic mass is 9.96. The molecule has 4 rings (SSSR count). The minimum absolute atomic E-state index is 0.423. The topological polar surface area (TPSA) is 43.2 Å². The first-order valence-corrected chi connectivity index (χ1v) is 9.44. The van der Waals surface area contributed by atoms with E-state index in [1.807, 2.05) is 11.6 Å². The van der Waals surface area contributed by atoms with E-state index in [1.165, 1.54) is 29.1 Å². The van der Waals surface area contributed by atoms with Gasteiger partial charge in [-0.3, -0.25) is 9.58 Å². The van der Waals surface area contributed by atoms with E-state index >= 15 is 0 Å². The first-order chi connectivity index (χ1) is 11.3. The van der Waals surface area contributed by atoms with Crippen molar-refractivity contribution in [3.05, 3.63) is 34.0 Å². The number of hydrogen-bond donors (Lipinski definition) is 0. The minimum atomic E-state index is 0.423. The molecule has 124 valence electrons. The Morgan fingerprint density at radius 2 is 2.30 bits per heavy atom. The molecular formula is C17H24N4OS. The Kier molecular flexibility index (Phi) is 4.46. The summed E-state index contributed by atoms with van der Waals surface area (Å²) in [5.74, 6) is 1.28. The van der Waals surface area contributed by atoms with Gasteiger partial charge in [0.25, 0.3) is 0 Å². The molecule has 0 radical (unpaired) electrons. The average molecular weight is 332 g/mol. The standard InChI is InChI=1S/C17H24N4OS/c1-2-22-12-14-8-20(11-17-18-5-6-23-17)10-16-15(14)9-21(19-16)7-13-3-4-13/h5-6,9,13-14H,2-4,7-8,10-12H2,1H3/t14-/m1/s1. The summed E-state index contributed by atoms with van der Waals surface area (Å²) in [5.41, 5.74) is 2.63. The number of thiazole rings is 1. The maximum atomic E-state index is 5.74. The molecule has 5 nitrogen and oxygen atoms in total. The van der Waals surface area contributed by atoms with Crippen LogP contribution in [-0.2, 0) is 24.4 Å². The molecule has 0 amide bonds. The van der Waals surface area contributed by atoms with Gasteiger partial charge in [-0.15, -0.1) is 11.3 Å². The number of aromatic nitrogens is 3. The SMILES string of the molecule is CCOC[C@H]1CN(Cc2nccs2)Cc2nn(CC3CC3)cc21. The zero-order chi connectivity index (χ0) is 15.6. The second-order valence-electron chi connectivity index (χ2n) is 6.65. The van der Waals surface area contributed by atoms with E-state index in [2.05, 4.69) is 27.7 Å². The summed E-state index contributed by atoms with van der Waals surface area (Å²) >= 11 is 1.73. The van der Waals surface area contributed by atoms with Gasteiger partial charge in [-0.1, -0.05) is 0 Å². The fourth-order valence-corrected chi connectivity index (χ4v) is 3.99. The molecule has 1 fully saturated rings. The maximum absolute atomic E-state index is 5.74. The first kappa shape index (κ1) is 15.3. The highest BCUT2D eigenvalue weighted by atomic mass is 32.1. The van der Waals surface area contributed by atoms with Gasteiger partial charge in [-0.25, -0.2) is 4.98 Å². The third kappa shape index (κ3) is 3.65. The van der Waals surface area contributed by atoms with Crippen LogP contribution in [0.15, 0.2) is 17.8 Å². The number of hydrogen-bond acceptors (Lipinski definition) is 5. The molecule has 1 saturated carbocycles. The van der Waals surface area contributed by atoms with Crippen LogP contribution in [0.1, 0.15) is 41.9 Å². The van der Waals surface area contributed by atoms with Crippen LogP contribution in [0.4, 0.5) is 0 Å². The van der Waals surface area contributed by atoms with E-state index in [-0.39, 0.29) is 0 Å². The van der Waals surface area contributed by atoms with Crippen LogP contribution in [0.25, 0.3) is 0 Å². The molecule has 0 N–H and O–H groups in total. The summed E-state index contributed by atoms with van der Waals surface area (Å²) in [4.78, 5) is 6.88. The molecule has 23 heavy (non-hydrogen) atoms. The monoisotopic (exact) mass is 332 g/mol. The van der Waals surface area contributed by atoms with E-state index in [0.717, 1.165) is 45.3 Å². The molecule has 0 spiro atoms. The molecule has 1 atom stereocenters. The van der Waals surface area contributed by atoms with Gasteiger partial charge in [-0.2, -0.15) is 5.10 Å². The Morgan fingerprint density at radius 3 is 3.04 bits per heavy atom. The smallest absolute Gasteiger partial charge is 0.107 e. The molecule has 2 aromatic rings. The largest absolute Gasteiger partial charge is 0.381 e. The predicted octanol–water partition coefficient (Wildman–Crippen LogP) is 2.89. The van der Waals surface area contributed by atoms with Gasteiger partial charge >= 0.3 is 0 Å². The van der Waals surface area contributed by atoms with Crippen molar-refractivity contribution in [2.24, 2.45) is 5.92 Å². The fraction of sp³-hybridized carbons (Fsp3) is 0.647. The van der Waals surface area contributed by atoms with Crippen LogP contribution in [0.3, 0.4) is 0 Å². The molecule has 0 unspecified atom stereocenters. The van der Waals surface area contributed by atoms with Gasteiger partial charge in [0.15, 0.2) is 0 Å². The number of ether oxygens (including phenoxy) is 1. The third-order valence-corrected chi connectivity index (χ3v) is 5.43. The summed E-state index contributed by atoms with van der Waals surface area (Å²) in [6, 6.07) is 0.